The number of amides is 2. The number of carbonyl (C=O) groups excluding carboxylic acids is 2. The molecular weight excluding hydrogens is 342 g/mol. The Kier molecular flexibility index (Phi) is 5.76. The highest BCUT2D eigenvalue weighted by Gasteiger charge is 2.21. The smallest absolute Gasteiger partial charge is 0.282 e. The molecule has 0 spiro atoms. The molecule has 0 radical (unpaired) electrons. The molecule has 0 saturated heterocycles. The summed E-state index contributed by atoms with van der Waals surface area (Å²) in [5.41, 5.74) is 0.508. The molecule has 8 heteroatoms. The summed E-state index contributed by atoms with van der Waals surface area (Å²) in [5.74, 6) is -0.802. The quantitative estimate of drug-likeness (QED) is 0.502. The minimum Gasteiger partial charge on any atom is -0.345 e. The number of hydrogen-bond acceptors (Lipinski definition) is 5. The van der Waals surface area contributed by atoms with Crippen molar-refractivity contribution >= 4 is 35.0 Å². The van der Waals surface area contributed by atoms with E-state index < -0.39 is 10.8 Å². The molecule has 0 aromatic heterocycles. The van der Waals surface area contributed by atoms with Gasteiger partial charge >= 0.3 is 0 Å². The first kappa shape index (κ1) is 18.5. The number of hydrogen-bond donors (Lipinski definition) is 1. The fourth-order valence-corrected chi connectivity index (χ4v) is 2.61. The summed E-state index contributed by atoms with van der Waals surface area (Å²) in [6.07, 6.45) is 1.82. The number of carbonyl (C=O) groups is 2. The Morgan fingerprint density at radius 3 is 2.48 bits per heavy atom. The topological polar surface area (TPSA) is 92.5 Å². The van der Waals surface area contributed by atoms with E-state index >= 15 is 0 Å². The van der Waals surface area contributed by atoms with Crippen LogP contribution in [0.4, 0.5) is 11.4 Å². The minimum absolute atomic E-state index is 0.0267. The lowest BCUT2D eigenvalue weighted by Gasteiger charge is -2.12. The van der Waals surface area contributed by atoms with Crippen molar-refractivity contribution in [2.45, 2.75) is 4.90 Å². The monoisotopic (exact) mass is 359 g/mol. The largest absolute Gasteiger partial charge is 0.345 e. The number of nitrogens with one attached hydrogen (secondary N) is 1. The Balaban J connectivity index is 2.33. The van der Waals surface area contributed by atoms with E-state index in [1.807, 2.05) is 6.26 Å². The SMILES string of the molecule is CSc1ccc([N+](=O)[O-])c(C(=O)Nc2cccc(C(=O)N(C)C)c2)c1. The summed E-state index contributed by atoms with van der Waals surface area (Å²) in [6, 6.07) is 10.8. The summed E-state index contributed by atoms with van der Waals surface area (Å²) in [4.78, 5) is 37.2. The lowest BCUT2D eigenvalue weighted by molar-refractivity contribution is -0.385. The van der Waals surface area contributed by atoms with Crippen LogP contribution >= 0.6 is 11.8 Å². The Morgan fingerprint density at radius 1 is 1.16 bits per heavy atom. The van der Waals surface area contributed by atoms with Crippen LogP contribution in [-0.2, 0) is 0 Å². The van der Waals surface area contributed by atoms with Gasteiger partial charge in [0, 0.05) is 36.3 Å². The van der Waals surface area contributed by atoms with Gasteiger partial charge in [-0.3, -0.25) is 19.7 Å². The first-order valence-electron chi connectivity index (χ1n) is 7.29. The van der Waals surface area contributed by atoms with Crippen LogP contribution in [0.3, 0.4) is 0 Å². The highest BCUT2D eigenvalue weighted by molar-refractivity contribution is 7.98. The van der Waals surface area contributed by atoms with E-state index in [2.05, 4.69) is 5.32 Å². The van der Waals surface area contributed by atoms with Crippen LogP contribution in [0.1, 0.15) is 20.7 Å². The normalized spacial score (nSPS) is 10.2. The number of nitro groups is 1. The fraction of sp³-hybridized carbons (Fsp3) is 0.176. The molecule has 1 N–H and O–H groups in total. The van der Waals surface area contributed by atoms with Crippen LogP contribution in [0.15, 0.2) is 47.4 Å². The Hall–Kier alpha value is -2.87. The number of nitrogens with zero attached hydrogens (tertiary/aromatic N) is 2. The van der Waals surface area contributed by atoms with Gasteiger partial charge in [-0.25, -0.2) is 0 Å². The van der Waals surface area contributed by atoms with Crippen molar-refractivity contribution in [2.75, 3.05) is 25.7 Å². The minimum atomic E-state index is -0.600. The van der Waals surface area contributed by atoms with Gasteiger partial charge in [0.05, 0.1) is 4.92 Å². The predicted molar refractivity (Wildman–Crippen MR) is 97.3 cm³/mol. The number of thioether (sulfide) groups is 1. The maximum atomic E-state index is 12.5. The molecule has 0 aliphatic rings. The van der Waals surface area contributed by atoms with Gasteiger partial charge in [0.25, 0.3) is 17.5 Å². The van der Waals surface area contributed by atoms with Gasteiger partial charge in [0.15, 0.2) is 0 Å². The molecule has 0 aliphatic heterocycles. The van der Waals surface area contributed by atoms with Crippen LogP contribution in [0.2, 0.25) is 0 Å². The Morgan fingerprint density at radius 2 is 1.88 bits per heavy atom. The van der Waals surface area contributed by atoms with Crippen molar-refractivity contribution in [2.24, 2.45) is 0 Å². The summed E-state index contributed by atoms with van der Waals surface area (Å²) in [5, 5.41) is 13.8. The summed E-state index contributed by atoms with van der Waals surface area (Å²) in [6.45, 7) is 0. The Bertz CT molecular complexity index is 836. The van der Waals surface area contributed by atoms with E-state index in [-0.39, 0.29) is 17.2 Å². The number of anilines is 1. The zero-order valence-corrected chi connectivity index (χ0v) is 14.8. The van der Waals surface area contributed by atoms with Crippen molar-refractivity contribution in [3.05, 3.63) is 63.7 Å². The zero-order chi connectivity index (χ0) is 18.6. The number of rotatable bonds is 5. The maximum absolute atomic E-state index is 12.5. The second kappa shape index (κ2) is 7.80. The molecule has 2 amide bonds. The molecule has 0 unspecified atom stereocenters. The van der Waals surface area contributed by atoms with Crippen LogP contribution in [0.25, 0.3) is 0 Å². The van der Waals surface area contributed by atoms with Crippen molar-refractivity contribution < 1.29 is 14.5 Å². The first-order chi connectivity index (χ1) is 11.8. The summed E-state index contributed by atoms with van der Waals surface area (Å²) >= 11 is 1.38. The van der Waals surface area contributed by atoms with E-state index in [0.717, 1.165) is 4.90 Å². The molecule has 2 aromatic rings. The van der Waals surface area contributed by atoms with Crippen LogP contribution < -0.4 is 5.32 Å². The zero-order valence-electron chi connectivity index (χ0n) is 14.0. The lowest BCUT2D eigenvalue weighted by Crippen LogP contribution is -2.22. The van der Waals surface area contributed by atoms with E-state index in [1.165, 1.54) is 34.9 Å². The highest BCUT2D eigenvalue weighted by atomic mass is 32.2. The molecule has 130 valence electrons. The molecule has 0 atom stereocenters. The Labute approximate surface area is 149 Å². The molecule has 0 heterocycles. The average Bonchev–Trinajstić information content (AvgIpc) is 2.60. The van der Waals surface area contributed by atoms with E-state index in [4.69, 9.17) is 0 Å². The molecule has 0 saturated carbocycles. The van der Waals surface area contributed by atoms with Gasteiger partial charge in [-0.1, -0.05) is 6.07 Å². The van der Waals surface area contributed by atoms with Crippen LogP contribution in [0, 0.1) is 10.1 Å². The van der Waals surface area contributed by atoms with Gasteiger partial charge in [0.1, 0.15) is 5.56 Å². The second-order valence-corrected chi connectivity index (χ2v) is 6.25. The van der Waals surface area contributed by atoms with E-state index in [9.17, 15) is 19.7 Å². The van der Waals surface area contributed by atoms with E-state index in [1.54, 1.807) is 38.4 Å². The molecule has 25 heavy (non-hydrogen) atoms. The third-order valence-corrected chi connectivity index (χ3v) is 4.14. The third kappa shape index (κ3) is 4.36. The third-order valence-electron chi connectivity index (χ3n) is 3.42. The first-order valence-corrected chi connectivity index (χ1v) is 8.51. The van der Waals surface area contributed by atoms with Crippen molar-refractivity contribution in [1.29, 1.82) is 0 Å². The molecule has 0 bridgehead atoms. The summed E-state index contributed by atoms with van der Waals surface area (Å²) < 4.78 is 0. The molecule has 2 rings (SSSR count). The number of nitro benzene ring substituents is 1. The van der Waals surface area contributed by atoms with Crippen molar-refractivity contribution in [1.82, 2.24) is 4.90 Å². The van der Waals surface area contributed by atoms with Gasteiger partial charge < -0.3 is 10.2 Å². The number of benzene rings is 2. The van der Waals surface area contributed by atoms with Gasteiger partial charge in [0.2, 0.25) is 0 Å². The lowest BCUT2D eigenvalue weighted by atomic mass is 10.1. The second-order valence-electron chi connectivity index (χ2n) is 5.37. The average molecular weight is 359 g/mol. The van der Waals surface area contributed by atoms with Gasteiger partial charge in [-0.15, -0.1) is 11.8 Å². The van der Waals surface area contributed by atoms with Gasteiger partial charge in [-0.05, 0) is 36.6 Å². The van der Waals surface area contributed by atoms with Gasteiger partial charge in [-0.2, -0.15) is 0 Å². The fourth-order valence-electron chi connectivity index (χ4n) is 2.17. The highest BCUT2D eigenvalue weighted by Crippen LogP contribution is 2.26. The van der Waals surface area contributed by atoms with Crippen LogP contribution in [0.5, 0.6) is 0 Å². The van der Waals surface area contributed by atoms with Crippen molar-refractivity contribution in [3.8, 4) is 0 Å². The van der Waals surface area contributed by atoms with Crippen LogP contribution in [-0.4, -0.2) is 42.0 Å². The molecular formula is C17H17N3O4S. The summed E-state index contributed by atoms with van der Waals surface area (Å²) in [7, 11) is 3.26. The molecule has 0 fully saturated rings. The maximum Gasteiger partial charge on any atom is 0.282 e. The van der Waals surface area contributed by atoms with Crippen molar-refractivity contribution in [3.63, 3.8) is 0 Å². The standard InChI is InChI=1S/C17H17N3O4S/c1-19(2)17(22)11-5-4-6-12(9-11)18-16(21)14-10-13(25-3)7-8-15(14)20(23)24/h4-10H,1-3H3,(H,18,21). The molecule has 7 nitrogen and oxygen atoms in total. The molecule has 2 aromatic carbocycles. The molecule has 0 aliphatic carbocycles. The predicted octanol–water partition coefficient (Wildman–Crippen LogP) is 3.27. The van der Waals surface area contributed by atoms with E-state index in [0.29, 0.717) is 11.3 Å².